The normalized spacial score (nSPS) is 11.2. The lowest BCUT2D eigenvalue weighted by Gasteiger charge is -2.11. The van der Waals surface area contributed by atoms with Gasteiger partial charge in [0.15, 0.2) is 5.84 Å². The van der Waals surface area contributed by atoms with Crippen LogP contribution in [0.3, 0.4) is 0 Å². The summed E-state index contributed by atoms with van der Waals surface area (Å²) in [4.78, 5) is 0. The molecular weight excluding hydrogens is 292 g/mol. The van der Waals surface area contributed by atoms with Crippen LogP contribution in [-0.4, -0.2) is 18.2 Å². The molecule has 0 aromatic heterocycles. The van der Waals surface area contributed by atoms with Gasteiger partial charge in [-0.25, -0.2) is 0 Å². The third kappa shape index (κ3) is 3.79. The minimum atomic E-state index is -0.00541. The Kier molecular flexibility index (Phi) is 4.90. The molecule has 2 rings (SSSR count). The molecule has 6 heteroatoms. The fourth-order valence-electron chi connectivity index (χ4n) is 1.81. The minimum Gasteiger partial charge on any atom is -0.496 e. The molecule has 0 saturated heterocycles. The van der Waals surface area contributed by atoms with Crippen LogP contribution in [0.2, 0.25) is 5.02 Å². The van der Waals surface area contributed by atoms with E-state index in [1.165, 1.54) is 7.11 Å². The number of ether oxygens (including phenoxy) is 2. The number of hydrogen-bond donors (Lipinski definition) is 2. The van der Waals surface area contributed by atoms with Gasteiger partial charge in [0, 0.05) is 5.02 Å². The van der Waals surface area contributed by atoms with Crippen molar-refractivity contribution in [2.45, 2.75) is 6.61 Å². The van der Waals surface area contributed by atoms with Gasteiger partial charge < -0.3 is 20.4 Å². The van der Waals surface area contributed by atoms with Gasteiger partial charge in [-0.2, -0.15) is 0 Å². The highest BCUT2D eigenvalue weighted by molar-refractivity contribution is 6.30. The zero-order valence-corrected chi connectivity index (χ0v) is 12.2. The van der Waals surface area contributed by atoms with Crippen molar-refractivity contribution >= 4 is 17.4 Å². The summed E-state index contributed by atoms with van der Waals surface area (Å²) in [6.45, 7) is 0.354. The summed E-state index contributed by atoms with van der Waals surface area (Å²) >= 11 is 5.90. The Morgan fingerprint density at radius 1 is 1.29 bits per heavy atom. The quantitative estimate of drug-likeness (QED) is 0.385. The lowest BCUT2D eigenvalue weighted by molar-refractivity contribution is 0.305. The standard InChI is InChI=1S/C15H15ClN2O3/c1-20-14-7-10(5-6-13(14)15(17)18-19)9-21-12-4-2-3-11(16)8-12/h2-8,19H,9H2,1H3,(H2,17,18). The average molecular weight is 307 g/mol. The highest BCUT2D eigenvalue weighted by atomic mass is 35.5. The molecule has 0 atom stereocenters. The van der Waals surface area contributed by atoms with Crippen LogP contribution < -0.4 is 15.2 Å². The van der Waals surface area contributed by atoms with Crippen molar-refractivity contribution in [1.29, 1.82) is 0 Å². The van der Waals surface area contributed by atoms with Crippen LogP contribution in [0.25, 0.3) is 0 Å². The number of oxime groups is 1. The fraction of sp³-hybridized carbons (Fsp3) is 0.133. The Morgan fingerprint density at radius 2 is 2.10 bits per heavy atom. The van der Waals surface area contributed by atoms with E-state index >= 15 is 0 Å². The Balaban J connectivity index is 2.14. The van der Waals surface area contributed by atoms with E-state index in [-0.39, 0.29) is 5.84 Å². The third-order valence-electron chi connectivity index (χ3n) is 2.85. The van der Waals surface area contributed by atoms with Crippen molar-refractivity contribution in [3.05, 3.63) is 58.6 Å². The summed E-state index contributed by atoms with van der Waals surface area (Å²) in [5, 5.41) is 12.3. The first kappa shape index (κ1) is 15.0. The Morgan fingerprint density at radius 3 is 2.76 bits per heavy atom. The molecule has 21 heavy (non-hydrogen) atoms. The molecule has 0 spiro atoms. The molecule has 0 aliphatic carbocycles. The Bertz CT molecular complexity index is 659. The van der Waals surface area contributed by atoms with Crippen molar-refractivity contribution in [3.8, 4) is 11.5 Å². The van der Waals surface area contributed by atoms with Crippen LogP contribution in [0.4, 0.5) is 0 Å². The largest absolute Gasteiger partial charge is 0.496 e. The fourth-order valence-corrected chi connectivity index (χ4v) is 1.99. The number of benzene rings is 2. The lowest BCUT2D eigenvalue weighted by Crippen LogP contribution is -2.14. The van der Waals surface area contributed by atoms with Gasteiger partial charge in [-0.15, -0.1) is 0 Å². The highest BCUT2D eigenvalue weighted by Gasteiger charge is 2.09. The maximum absolute atomic E-state index is 8.73. The van der Waals surface area contributed by atoms with E-state index in [9.17, 15) is 0 Å². The van der Waals surface area contributed by atoms with Gasteiger partial charge in [-0.1, -0.05) is 28.9 Å². The molecule has 0 saturated carbocycles. The third-order valence-corrected chi connectivity index (χ3v) is 3.09. The molecule has 0 aliphatic heterocycles. The molecule has 0 fully saturated rings. The number of methoxy groups -OCH3 is 1. The van der Waals surface area contributed by atoms with Gasteiger partial charge in [0.1, 0.15) is 18.1 Å². The van der Waals surface area contributed by atoms with E-state index in [0.717, 1.165) is 5.56 Å². The molecule has 0 bridgehead atoms. The van der Waals surface area contributed by atoms with E-state index in [4.69, 9.17) is 32.0 Å². The van der Waals surface area contributed by atoms with E-state index in [1.807, 2.05) is 18.2 Å². The van der Waals surface area contributed by atoms with Crippen LogP contribution >= 0.6 is 11.6 Å². The predicted octanol–water partition coefficient (Wildman–Crippen LogP) is 3.02. The van der Waals surface area contributed by atoms with E-state index in [1.54, 1.807) is 24.3 Å². The number of nitrogens with zero attached hydrogens (tertiary/aromatic N) is 1. The molecule has 0 aliphatic rings. The lowest BCUT2D eigenvalue weighted by atomic mass is 10.1. The molecule has 2 aromatic carbocycles. The molecule has 5 nitrogen and oxygen atoms in total. The molecule has 110 valence electrons. The second-order valence-corrected chi connectivity index (χ2v) is 4.70. The van der Waals surface area contributed by atoms with Crippen molar-refractivity contribution in [2.75, 3.05) is 7.11 Å². The van der Waals surface area contributed by atoms with Crippen molar-refractivity contribution < 1.29 is 14.7 Å². The molecule has 0 heterocycles. The second kappa shape index (κ2) is 6.85. The number of nitrogens with two attached hydrogens (primary N) is 1. The average Bonchev–Trinajstić information content (AvgIpc) is 2.52. The van der Waals surface area contributed by atoms with Gasteiger partial charge in [-0.3, -0.25) is 0 Å². The van der Waals surface area contributed by atoms with Gasteiger partial charge >= 0.3 is 0 Å². The number of hydrogen-bond acceptors (Lipinski definition) is 4. The number of rotatable bonds is 5. The van der Waals surface area contributed by atoms with Gasteiger partial charge in [0.2, 0.25) is 0 Å². The van der Waals surface area contributed by atoms with Gasteiger partial charge in [0.05, 0.1) is 12.7 Å². The maximum Gasteiger partial charge on any atom is 0.173 e. The number of amidine groups is 1. The highest BCUT2D eigenvalue weighted by Crippen LogP contribution is 2.22. The Hall–Kier alpha value is -2.40. The number of halogens is 1. The smallest absolute Gasteiger partial charge is 0.173 e. The van der Waals surface area contributed by atoms with E-state index in [2.05, 4.69) is 5.16 Å². The van der Waals surface area contributed by atoms with Crippen LogP contribution in [-0.2, 0) is 6.61 Å². The van der Waals surface area contributed by atoms with Crippen molar-refractivity contribution in [3.63, 3.8) is 0 Å². The molecule has 0 unspecified atom stereocenters. The minimum absolute atomic E-state index is 0.00541. The van der Waals surface area contributed by atoms with E-state index < -0.39 is 0 Å². The van der Waals surface area contributed by atoms with Crippen LogP contribution in [0, 0.1) is 0 Å². The summed E-state index contributed by atoms with van der Waals surface area (Å²) < 4.78 is 10.9. The first-order chi connectivity index (χ1) is 10.1. The zero-order valence-electron chi connectivity index (χ0n) is 11.4. The summed E-state index contributed by atoms with van der Waals surface area (Å²) in [7, 11) is 1.52. The molecule has 0 amide bonds. The van der Waals surface area contributed by atoms with Crippen molar-refractivity contribution in [1.82, 2.24) is 0 Å². The maximum atomic E-state index is 8.73. The monoisotopic (exact) mass is 306 g/mol. The van der Waals surface area contributed by atoms with Crippen LogP contribution in [0.15, 0.2) is 47.6 Å². The van der Waals surface area contributed by atoms with Gasteiger partial charge in [-0.05, 0) is 35.9 Å². The predicted molar refractivity (Wildman–Crippen MR) is 81.3 cm³/mol. The molecular formula is C15H15ClN2O3. The molecule has 2 aromatic rings. The second-order valence-electron chi connectivity index (χ2n) is 4.27. The summed E-state index contributed by atoms with van der Waals surface area (Å²) in [5.74, 6) is 1.19. The topological polar surface area (TPSA) is 77.1 Å². The first-order valence-corrected chi connectivity index (χ1v) is 6.55. The van der Waals surface area contributed by atoms with Crippen LogP contribution in [0.1, 0.15) is 11.1 Å². The summed E-state index contributed by atoms with van der Waals surface area (Å²) in [6.07, 6.45) is 0. The van der Waals surface area contributed by atoms with E-state index in [0.29, 0.717) is 28.7 Å². The van der Waals surface area contributed by atoms with Crippen LogP contribution in [0.5, 0.6) is 11.5 Å². The molecule has 0 radical (unpaired) electrons. The Labute approximate surface area is 127 Å². The SMILES string of the molecule is COc1cc(COc2cccc(Cl)c2)ccc1/C(N)=N/O. The van der Waals surface area contributed by atoms with Gasteiger partial charge in [0.25, 0.3) is 0 Å². The van der Waals surface area contributed by atoms with Crippen molar-refractivity contribution in [2.24, 2.45) is 10.9 Å². The summed E-state index contributed by atoms with van der Waals surface area (Å²) in [6, 6.07) is 12.5. The summed E-state index contributed by atoms with van der Waals surface area (Å²) in [5.41, 5.74) is 6.99. The zero-order chi connectivity index (χ0) is 15.2. The molecule has 3 N–H and O–H groups in total. The first-order valence-electron chi connectivity index (χ1n) is 6.17.